The minimum atomic E-state index is -0.618. The fourth-order valence-electron chi connectivity index (χ4n) is 2.24. The van der Waals surface area contributed by atoms with Crippen molar-refractivity contribution in [3.63, 3.8) is 0 Å². The van der Waals surface area contributed by atoms with E-state index in [1.807, 2.05) is 30.3 Å². The molecule has 0 heterocycles. The van der Waals surface area contributed by atoms with Crippen molar-refractivity contribution in [3.8, 4) is 0 Å². The maximum atomic E-state index is 10.6. The summed E-state index contributed by atoms with van der Waals surface area (Å²) in [6.45, 7) is 6.46. The van der Waals surface area contributed by atoms with Gasteiger partial charge in [0.2, 0.25) is 0 Å². The molecule has 0 fully saturated rings. The van der Waals surface area contributed by atoms with Crippen molar-refractivity contribution < 1.29 is 5.11 Å². The zero-order chi connectivity index (χ0) is 14.0. The molecule has 0 bridgehead atoms. The van der Waals surface area contributed by atoms with Crippen LogP contribution in [0.1, 0.15) is 43.6 Å². The SMILES string of the molecule is CC(C)(C)c1ccccc1C(O)c1ccc(Cl)cc1. The zero-order valence-corrected chi connectivity index (χ0v) is 12.3. The monoisotopic (exact) mass is 274 g/mol. The van der Waals surface area contributed by atoms with Gasteiger partial charge in [-0.05, 0) is 34.2 Å². The van der Waals surface area contributed by atoms with E-state index < -0.39 is 6.10 Å². The Balaban J connectivity index is 2.44. The Morgan fingerprint density at radius 3 is 2.11 bits per heavy atom. The summed E-state index contributed by atoms with van der Waals surface area (Å²) in [6.07, 6.45) is -0.618. The molecule has 2 aromatic rings. The Labute approximate surface area is 119 Å². The molecule has 0 aliphatic carbocycles. The first-order valence-corrected chi connectivity index (χ1v) is 6.80. The van der Waals surface area contributed by atoms with Gasteiger partial charge in [-0.3, -0.25) is 0 Å². The number of hydrogen-bond donors (Lipinski definition) is 1. The highest BCUT2D eigenvalue weighted by atomic mass is 35.5. The lowest BCUT2D eigenvalue weighted by molar-refractivity contribution is 0.217. The average molecular weight is 275 g/mol. The molecule has 19 heavy (non-hydrogen) atoms. The average Bonchev–Trinajstić information content (AvgIpc) is 2.38. The van der Waals surface area contributed by atoms with E-state index in [0.717, 1.165) is 16.7 Å². The molecule has 1 atom stereocenters. The molecule has 0 spiro atoms. The highest BCUT2D eigenvalue weighted by Crippen LogP contribution is 2.32. The van der Waals surface area contributed by atoms with Crippen LogP contribution in [0.15, 0.2) is 48.5 Å². The number of benzene rings is 2. The van der Waals surface area contributed by atoms with E-state index in [1.165, 1.54) is 0 Å². The van der Waals surface area contributed by atoms with Crippen LogP contribution in [0.4, 0.5) is 0 Å². The predicted octanol–water partition coefficient (Wildman–Crippen LogP) is 4.72. The van der Waals surface area contributed by atoms with Crippen molar-refractivity contribution in [3.05, 3.63) is 70.2 Å². The van der Waals surface area contributed by atoms with E-state index in [4.69, 9.17) is 11.6 Å². The fraction of sp³-hybridized carbons (Fsp3) is 0.294. The third-order valence-corrected chi connectivity index (χ3v) is 3.50. The molecule has 100 valence electrons. The third kappa shape index (κ3) is 3.17. The quantitative estimate of drug-likeness (QED) is 0.840. The van der Waals surface area contributed by atoms with Crippen molar-refractivity contribution in [1.82, 2.24) is 0 Å². The van der Waals surface area contributed by atoms with Crippen LogP contribution < -0.4 is 0 Å². The summed E-state index contributed by atoms with van der Waals surface area (Å²) in [6, 6.07) is 15.4. The summed E-state index contributed by atoms with van der Waals surface area (Å²) < 4.78 is 0. The molecule has 2 aromatic carbocycles. The highest BCUT2D eigenvalue weighted by Gasteiger charge is 2.22. The largest absolute Gasteiger partial charge is 0.384 e. The lowest BCUT2D eigenvalue weighted by Gasteiger charge is -2.25. The first-order chi connectivity index (χ1) is 8.89. The Morgan fingerprint density at radius 2 is 1.53 bits per heavy atom. The van der Waals surface area contributed by atoms with Crippen LogP contribution in [0.5, 0.6) is 0 Å². The first-order valence-electron chi connectivity index (χ1n) is 6.42. The van der Waals surface area contributed by atoms with Crippen LogP contribution in [-0.4, -0.2) is 5.11 Å². The van der Waals surface area contributed by atoms with Crippen molar-refractivity contribution >= 4 is 11.6 Å². The van der Waals surface area contributed by atoms with Crippen LogP contribution in [0.3, 0.4) is 0 Å². The van der Waals surface area contributed by atoms with Gasteiger partial charge in [-0.1, -0.05) is 68.8 Å². The van der Waals surface area contributed by atoms with E-state index >= 15 is 0 Å². The van der Waals surface area contributed by atoms with Gasteiger partial charge in [0.25, 0.3) is 0 Å². The second-order valence-corrected chi connectivity index (χ2v) is 6.23. The van der Waals surface area contributed by atoms with Gasteiger partial charge >= 0.3 is 0 Å². The third-order valence-electron chi connectivity index (χ3n) is 3.25. The summed E-state index contributed by atoms with van der Waals surface area (Å²) in [5.41, 5.74) is 2.99. The van der Waals surface area contributed by atoms with E-state index in [2.05, 4.69) is 26.8 Å². The Bertz CT molecular complexity index is 552. The molecule has 1 unspecified atom stereocenters. The van der Waals surface area contributed by atoms with Gasteiger partial charge in [0.15, 0.2) is 0 Å². The smallest absolute Gasteiger partial charge is 0.104 e. The van der Waals surface area contributed by atoms with Gasteiger partial charge in [0.1, 0.15) is 6.10 Å². The summed E-state index contributed by atoms with van der Waals surface area (Å²) in [5.74, 6) is 0. The normalized spacial score (nSPS) is 13.3. The van der Waals surface area contributed by atoms with Crippen LogP contribution in [-0.2, 0) is 5.41 Å². The summed E-state index contributed by atoms with van der Waals surface area (Å²) in [5, 5.41) is 11.3. The predicted molar refractivity (Wildman–Crippen MR) is 80.7 cm³/mol. The maximum absolute atomic E-state index is 10.6. The second kappa shape index (κ2) is 5.36. The van der Waals surface area contributed by atoms with Crippen molar-refractivity contribution in [2.45, 2.75) is 32.3 Å². The molecule has 1 nitrogen and oxygen atoms in total. The molecule has 0 saturated carbocycles. The molecule has 2 heteroatoms. The van der Waals surface area contributed by atoms with E-state index in [0.29, 0.717) is 5.02 Å². The minimum absolute atomic E-state index is 0.00397. The van der Waals surface area contributed by atoms with Crippen LogP contribution >= 0.6 is 11.6 Å². The standard InChI is InChI=1S/C17H19ClO/c1-17(2,3)15-7-5-4-6-14(15)16(19)12-8-10-13(18)11-9-12/h4-11,16,19H,1-3H3. The molecular formula is C17H19ClO. The molecule has 1 N–H and O–H groups in total. The number of halogens is 1. The van der Waals surface area contributed by atoms with E-state index in [9.17, 15) is 5.11 Å². The molecule has 0 aliphatic rings. The molecule has 0 amide bonds. The Morgan fingerprint density at radius 1 is 0.947 bits per heavy atom. The lowest BCUT2D eigenvalue weighted by Crippen LogP contribution is -2.16. The van der Waals surface area contributed by atoms with Crippen LogP contribution in [0, 0.1) is 0 Å². The first kappa shape index (κ1) is 14.1. The van der Waals surface area contributed by atoms with E-state index in [-0.39, 0.29) is 5.41 Å². The Hall–Kier alpha value is -1.31. The molecule has 0 aromatic heterocycles. The minimum Gasteiger partial charge on any atom is -0.384 e. The maximum Gasteiger partial charge on any atom is 0.104 e. The van der Waals surface area contributed by atoms with Gasteiger partial charge in [-0.15, -0.1) is 0 Å². The number of rotatable bonds is 2. The number of hydrogen-bond acceptors (Lipinski definition) is 1. The topological polar surface area (TPSA) is 20.2 Å². The number of aliphatic hydroxyl groups excluding tert-OH is 1. The van der Waals surface area contributed by atoms with Gasteiger partial charge < -0.3 is 5.11 Å². The number of aliphatic hydroxyl groups is 1. The summed E-state index contributed by atoms with van der Waals surface area (Å²) in [7, 11) is 0. The fourth-order valence-corrected chi connectivity index (χ4v) is 2.37. The van der Waals surface area contributed by atoms with E-state index in [1.54, 1.807) is 12.1 Å². The van der Waals surface area contributed by atoms with Crippen molar-refractivity contribution in [2.75, 3.05) is 0 Å². The van der Waals surface area contributed by atoms with Crippen molar-refractivity contribution in [1.29, 1.82) is 0 Å². The second-order valence-electron chi connectivity index (χ2n) is 5.79. The van der Waals surface area contributed by atoms with Gasteiger partial charge in [-0.25, -0.2) is 0 Å². The molecule has 0 saturated heterocycles. The van der Waals surface area contributed by atoms with Crippen LogP contribution in [0.25, 0.3) is 0 Å². The van der Waals surface area contributed by atoms with Crippen LogP contribution in [0.2, 0.25) is 5.02 Å². The van der Waals surface area contributed by atoms with Crippen molar-refractivity contribution in [2.24, 2.45) is 0 Å². The molecule has 2 rings (SSSR count). The summed E-state index contributed by atoms with van der Waals surface area (Å²) >= 11 is 5.88. The molecule has 0 radical (unpaired) electrons. The lowest BCUT2D eigenvalue weighted by atomic mass is 9.81. The van der Waals surface area contributed by atoms with Gasteiger partial charge in [0.05, 0.1) is 0 Å². The zero-order valence-electron chi connectivity index (χ0n) is 11.5. The van der Waals surface area contributed by atoms with Gasteiger partial charge in [0, 0.05) is 5.02 Å². The molecular weight excluding hydrogens is 256 g/mol. The molecule has 0 aliphatic heterocycles. The van der Waals surface area contributed by atoms with Gasteiger partial charge in [-0.2, -0.15) is 0 Å². The highest BCUT2D eigenvalue weighted by molar-refractivity contribution is 6.30. The Kier molecular flexibility index (Phi) is 3.98. The summed E-state index contributed by atoms with van der Waals surface area (Å²) in [4.78, 5) is 0.